The smallest absolute Gasteiger partial charge is 0.466 e. The van der Waals surface area contributed by atoms with Crippen LogP contribution in [0.25, 0.3) is 0 Å². The largest absolute Gasteiger partial charge is 0.471 e. The highest BCUT2D eigenvalue weighted by Gasteiger charge is 2.43. The molecule has 1 aliphatic rings. The van der Waals surface area contributed by atoms with Gasteiger partial charge in [0.15, 0.2) is 0 Å². The number of nitrogens with zero attached hydrogens (tertiary/aromatic N) is 1. The number of ether oxygens (including phenoxy) is 1. The molecule has 5 nitrogen and oxygen atoms in total. The number of esters is 1. The van der Waals surface area contributed by atoms with Gasteiger partial charge < -0.3 is 15.0 Å². The Kier molecular flexibility index (Phi) is 7.37. The van der Waals surface area contributed by atoms with Crippen LogP contribution in [0, 0.1) is 5.82 Å². The van der Waals surface area contributed by atoms with Crippen LogP contribution >= 0.6 is 0 Å². The maximum atomic E-state index is 14.6. The van der Waals surface area contributed by atoms with Gasteiger partial charge in [0.25, 0.3) is 0 Å². The van der Waals surface area contributed by atoms with Crippen molar-refractivity contribution in [2.75, 3.05) is 23.4 Å². The molecule has 0 unspecified atom stereocenters. The van der Waals surface area contributed by atoms with Crippen molar-refractivity contribution in [3.63, 3.8) is 0 Å². The number of hydrogen-bond donors (Lipinski definition) is 1. The third kappa shape index (κ3) is 5.57. The van der Waals surface area contributed by atoms with Gasteiger partial charge in [0.1, 0.15) is 5.82 Å². The number of benzene rings is 2. The van der Waals surface area contributed by atoms with Crippen molar-refractivity contribution in [1.29, 1.82) is 0 Å². The summed E-state index contributed by atoms with van der Waals surface area (Å²) in [7, 11) is 0. The molecule has 1 heterocycles. The molecule has 0 saturated carbocycles. The highest BCUT2D eigenvalue weighted by Crippen LogP contribution is 2.31. The Balaban J connectivity index is 1.89. The minimum absolute atomic E-state index is 0.0377. The maximum absolute atomic E-state index is 14.6. The fourth-order valence-electron chi connectivity index (χ4n) is 3.71. The number of amides is 1. The standard InChI is InChI=1S/C23H24F4N2O3/c1-2-32-21(30)11-9-15-8-10-17(13-19(15)24)29(22(31)23(25,26)27)14-16-5-3-7-20-18(16)6-4-12-28-20/h3,5,7-8,10,13,28H,2,4,6,9,11-12,14H2,1H3. The minimum atomic E-state index is -5.12. The van der Waals surface area contributed by atoms with Crippen LogP contribution in [0.1, 0.15) is 36.5 Å². The number of aryl methyl sites for hydroxylation is 1. The van der Waals surface area contributed by atoms with Crippen molar-refractivity contribution in [3.8, 4) is 0 Å². The van der Waals surface area contributed by atoms with Gasteiger partial charge in [-0.3, -0.25) is 9.59 Å². The Morgan fingerprint density at radius 3 is 2.62 bits per heavy atom. The molecule has 0 aliphatic carbocycles. The van der Waals surface area contributed by atoms with Gasteiger partial charge in [0, 0.05) is 24.3 Å². The lowest BCUT2D eigenvalue weighted by molar-refractivity contribution is -0.170. The SMILES string of the molecule is CCOC(=O)CCc1ccc(N(Cc2cccc3c2CCCN3)C(=O)C(F)(F)F)cc1F. The summed E-state index contributed by atoms with van der Waals surface area (Å²) in [5.74, 6) is -3.35. The number of anilines is 2. The van der Waals surface area contributed by atoms with Crippen molar-refractivity contribution < 1.29 is 31.9 Å². The Hall–Kier alpha value is -3.10. The van der Waals surface area contributed by atoms with Crippen LogP contribution < -0.4 is 10.2 Å². The molecule has 2 aromatic carbocycles. The van der Waals surface area contributed by atoms with E-state index in [0.717, 1.165) is 30.3 Å². The van der Waals surface area contributed by atoms with Gasteiger partial charge in [-0.05, 0) is 61.1 Å². The normalized spacial score (nSPS) is 13.2. The van der Waals surface area contributed by atoms with E-state index < -0.39 is 23.9 Å². The molecule has 0 saturated heterocycles. The molecule has 3 rings (SSSR count). The third-order valence-electron chi connectivity index (χ3n) is 5.26. The topological polar surface area (TPSA) is 58.6 Å². The van der Waals surface area contributed by atoms with E-state index in [9.17, 15) is 27.2 Å². The molecule has 2 aromatic rings. The van der Waals surface area contributed by atoms with Crippen LogP contribution in [0.4, 0.5) is 28.9 Å². The van der Waals surface area contributed by atoms with E-state index >= 15 is 0 Å². The van der Waals surface area contributed by atoms with Crippen molar-refractivity contribution in [3.05, 3.63) is 58.9 Å². The summed E-state index contributed by atoms with van der Waals surface area (Å²) in [6.07, 6.45) is -3.64. The lowest BCUT2D eigenvalue weighted by atomic mass is 9.97. The third-order valence-corrected chi connectivity index (χ3v) is 5.26. The minimum Gasteiger partial charge on any atom is -0.466 e. The number of nitrogens with one attached hydrogen (secondary N) is 1. The van der Waals surface area contributed by atoms with Gasteiger partial charge in [0.2, 0.25) is 0 Å². The summed E-state index contributed by atoms with van der Waals surface area (Å²) in [5, 5.41) is 3.20. The van der Waals surface area contributed by atoms with Gasteiger partial charge in [-0.2, -0.15) is 13.2 Å². The quantitative estimate of drug-likeness (QED) is 0.486. The van der Waals surface area contributed by atoms with Crippen molar-refractivity contribution >= 4 is 23.3 Å². The first-order valence-corrected chi connectivity index (χ1v) is 10.4. The van der Waals surface area contributed by atoms with E-state index in [1.165, 1.54) is 12.1 Å². The summed E-state index contributed by atoms with van der Waals surface area (Å²) in [5.41, 5.74) is 2.20. The molecule has 0 radical (unpaired) electrons. The molecule has 0 atom stereocenters. The Morgan fingerprint density at radius 1 is 1.16 bits per heavy atom. The molecule has 9 heteroatoms. The van der Waals surface area contributed by atoms with Gasteiger partial charge in [-0.15, -0.1) is 0 Å². The second-order valence-corrected chi connectivity index (χ2v) is 7.44. The molecule has 0 fully saturated rings. The maximum Gasteiger partial charge on any atom is 0.471 e. The van der Waals surface area contributed by atoms with Crippen LogP contribution in [0.2, 0.25) is 0 Å². The molecular weight excluding hydrogens is 428 g/mol. The van der Waals surface area contributed by atoms with Crippen LogP contribution in [0.3, 0.4) is 0 Å². The summed E-state index contributed by atoms with van der Waals surface area (Å²) in [4.78, 5) is 24.3. The van der Waals surface area contributed by atoms with E-state index in [1.54, 1.807) is 19.1 Å². The van der Waals surface area contributed by atoms with Gasteiger partial charge >= 0.3 is 18.1 Å². The fraction of sp³-hybridized carbons (Fsp3) is 0.391. The van der Waals surface area contributed by atoms with Gasteiger partial charge in [0.05, 0.1) is 13.2 Å². The average Bonchev–Trinajstić information content (AvgIpc) is 2.76. The van der Waals surface area contributed by atoms with Gasteiger partial charge in [-0.25, -0.2) is 4.39 Å². The van der Waals surface area contributed by atoms with E-state index in [-0.39, 0.29) is 37.2 Å². The summed E-state index contributed by atoms with van der Waals surface area (Å²) < 4.78 is 59.5. The summed E-state index contributed by atoms with van der Waals surface area (Å²) in [6.45, 7) is 2.28. The second kappa shape index (κ2) is 10.0. The second-order valence-electron chi connectivity index (χ2n) is 7.44. The number of carbonyl (C=O) groups is 2. The van der Waals surface area contributed by atoms with Crippen molar-refractivity contribution in [1.82, 2.24) is 0 Å². The molecule has 0 spiro atoms. The molecule has 1 amide bonds. The lowest BCUT2D eigenvalue weighted by Gasteiger charge is -2.27. The molecule has 1 N–H and O–H groups in total. The first kappa shape index (κ1) is 23.6. The highest BCUT2D eigenvalue weighted by atomic mass is 19.4. The fourth-order valence-corrected chi connectivity index (χ4v) is 3.71. The Bertz CT molecular complexity index is 992. The van der Waals surface area contributed by atoms with Gasteiger partial charge in [-0.1, -0.05) is 18.2 Å². The molecule has 0 aromatic heterocycles. The van der Waals surface area contributed by atoms with Crippen molar-refractivity contribution in [2.45, 2.75) is 45.3 Å². The Labute approximate surface area is 183 Å². The number of rotatable bonds is 7. The molecule has 1 aliphatic heterocycles. The van der Waals surface area contributed by atoms with E-state index in [0.29, 0.717) is 16.9 Å². The zero-order chi connectivity index (χ0) is 23.3. The number of alkyl halides is 3. The van der Waals surface area contributed by atoms with Crippen molar-refractivity contribution in [2.24, 2.45) is 0 Å². The Morgan fingerprint density at radius 2 is 1.94 bits per heavy atom. The predicted molar refractivity (Wildman–Crippen MR) is 112 cm³/mol. The number of halogens is 4. The summed E-state index contributed by atoms with van der Waals surface area (Å²) >= 11 is 0. The van der Waals surface area contributed by atoms with E-state index in [2.05, 4.69) is 5.32 Å². The van der Waals surface area contributed by atoms with E-state index in [4.69, 9.17) is 4.74 Å². The molecular formula is C23H24F4N2O3. The van der Waals surface area contributed by atoms with Crippen LogP contribution in [0.15, 0.2) is 36.4 Å². The lowest BCUT2D eigenvalue weighted by Crippen LogP contribution is -2.41. The van der Waals surface area contributed by atoms with Crippen LogP contribution in [0.5, 0.6) is 0 Å². The number of carbonyl (C=O) groups excluding carboxylic acids is 2. The van der Waals surface area contributed by atoms with Crippen LogP contribution in [-0.4, -0.2) is 31.2 Å². The first-order valence-electron chi connectivity index (χ1n) is 10.4. The van der Waals surface area contributed by atoms with E-state index in [1.807, 2.05) is 6.07 Å². The zero-order valence-electron chi connectivity index (χ0n) is 17.6. The van der Waals surface area contributed by atoms with Crippen LogP contribution in [-0.2, 0) is 33.7 Å². The predicted octanol–water partition coefficient (Wildman–Crippen LogP) is 4.78. The molecule has 0 bridgehead atoms. The molecule has 172 valence electrons. The highest BCUT2D eigenvalue weighted by molar-refractivity contribution is 5.97. The number of hydrogen-bond acceptors (Lipinski definition) is 4. The first-order chi connectivity index (χ1) is 15.2. The molecule has 32 heavy (non-hydrogen) atoms. The summed E-state index contributed by atoms with van der Waals surface area (Å²) in [6, 6.07) is 8.68. The zero-order valence-corrected chi connectivity index (χ0v) is 17.6. The number of fused-ring (bicyclic) bond motifs is 1. The average molecular weight is 452 g/mol. The monoisotopic (exact) mass is 452 g/mol.